The number of rotatable bonds is 5. The van der Waals surface area contributed by atoms with Crippen molar-refractivity contribution >= 4 is 27.3 Å². The Labute approximate surface area is 127 Å². The van der Waals surface area contributed by atoms with Crippen LogP contribution in [-0.4, -0.2) is 9.85 Å². The molecule has 0 bridgehead atoms. The molecule has 0 amide bonds. The maximum absolute atomic E-state index is 10.8. The molecule has 0 atom stereocenters. The molecule has 0 aliphatic rings. The van der Waals surface area contributed by atoms with E-state index in [0.29, 0.717) is 15.8 Å². The minimum absolute atomic E-state index is 0.0288. The second-order valence-electron chi connectivity index (χ2n) is 4.05. The molecule has 0 aliphatic heterocycles. The lowest BCUT2D eigenvalue weighted by atomic mass is 10.2. The summed E-state index contributed by atoms with van der Waals surface area (Å²) in [4.78, 5) is 20.4. The molecule has 0 saturated carbocycles. The van der Waals surface area contributed by atoms with Gasteiger partial charge in [0.2, 0.25) is 0 Å². The molecule has 2 aromatic rings. The summed E-state index contributed by atoms with van der Waals surface area (Å²) < 4.78 is 5.83. The molecule has 8 heteroatoms. The van der Waals surface area contributed by atoms with Gasteiger partial charge in [-0.1, -0.05) is 12.1 Å². The summed E-state index contributed by atoms with van der Waals surface area (Å²) in [6, 6.07) is 10.3. The van der Waals surface area contributed by atoms with Gasteiger partial charge in [-0.3, -0.25) is 20.2 Å². The van der Waals surface area contributed by atoms with Crippen LogP contribution in [0.25, 0.3) is 0 Å². The first-order valence-electron chi connectivity index (χ1n) is 5.78. The highest BCUT2D eigenvalue weighted by Gasteiger charge is 2.15. The topological polar surface area (TPSA) is 95.5 Å². The van der Waals surface area contributed by atoms with Gasteiger partial charge < -0.3 is 4.74 Å². The highest BCUT2D eigenvalue weighted by molar-refractivity contribution is 9.10. The summed E-state index contributed by atoms with van der Waals surface area (Å²) in [7, 11) is 0. The Hall–Kier alpha value is -2.48. The first kappa shape index (κ1) is 14.9. The summed E-state index contributed by atoms with van der Waals surface area (Å²) in [5, 5.41) is 21.4. The number of ether oxygens (including phenoxy) is 1. The van der Waals surface area contributed by atoms with Gasteiger partial charge >= 0.3 is 0 Å². The quantitative estimate of drug-likeness (QED) is 0.601. The van der Waals surface area contributed by atoms with Crippen molar-refractivity contribution in [3.63, 3.8) is 0 Å². The number of nitro groups is 2. The monoisotopic (exact) mass is 352 g/mol. The Kier molecular flexibility index (Phi) is 4.49. The molecule has 21 heavy (non-hydrogen) atoms. The van der Waals surface area contributed by atoms with E-state index in [4.69, 9.17) is 4.74 Å². The molecule has 108 valence electrons. The number of halogens is 1. The van der Waals surface area contributed by atoms with Crippen LogP contribution >= 0.6 is 15.9 Å². The number of hydrogen-bond acceptors (Lipinski definition) is 5. The van der Waals surface area contributed by atoms with Gasteiger partial charge in [-0.05, 0) is 28.1 Å². The lowest BCUT2D eigenvalue weighted by Crippen LogP contribution is -1.99. The number of nitro benzene ring substituents is 2. The maximum Gasteiger partial charge on any atom is 0.283 e. The second kappa shape index (κ2) is 6.31. The van der Waals surface area contributed by atoms with Crippen LogP contribution in [0, 0.1) is 20.2 Å². The maximum atomic E-state index is 10.8. The van der Waals surface area contributed by atoms with Gasteiger partial charge in [0.15, 0.2) is 0 Å². The molecule has 0 saturated heterocycles. The van der Waals surface area contributed by atoms with E-state index in [9.17, 15) is 20.2 Å². The average Bonchev–Trinajstić information content (AvgIpc) is 2.46. The first-order valence-corrected chi connectivity index (χ1v) is 6.57. The van der Waals surface area contributed by atoms with E-state index in [0.717, 1.165) is 0 Å². The van der Waals surface area contributed by atoms with E-state index in [1.165, 1.54) is 30.3 Å². The predicted octanol–water partition coefficient (Wildman–Crippen LogP) is 3.84. The molecule has 0 unspecified atom stereocenters. The molecule has 0 fully saturated rings. The fraction of sp³-hybridized carbons (Fsp3) is 0.0769. The normalized spacial score (nSPS) is 10.1. The SMILES string of the molecule is O=[N+]([O-])c1ccc(OCc2cccc([N+](=O)[O-])c2Br)cc1. The highest BCUT2D eigenvalue weighted by Crippen LogP contribution is 2.29. The fourth-order valence-electron chi connectivity index (χ4n) is 1.64. The Morgan fingerprint density at radius 3 is 2.24 bits per heavy atom. The number of hydrogen-bond donors (Lipinski definition) is 0. The van der Waals surface area contributed by atoms with Crippen molar-refractivity contribution in [1.29, 1.82) is 0 Å². The van der Waals surface area contributed by atoms with Crippen LogP contribution in [0.3, 0.4) is 0 Å². The summed E-state index contributed by atoms with van der Waals surface area (Å²) in [6.07, 6.45) is 0. The lowest BCUT2D eigenvalue weighted by molar-refractivity contribution is -0.385. The van der Waals surface area contributed by atoms with Crippen LogP contribution < -0.4 is 4.74 Å². The first-order chi connectivity index (χ1) is 9.99. The fourth-order valence-corrected chi connectivity index (χ4v) is 2.17. The third-order valence-electron chi connectivity index (χ3n) is 2.70. The Morgan fingerprint density at radius 2 is 1.67 bits per heavy atom. The van der Waals surface area contributed by atoms with Crippen LogP contribution in [0.2, 0.25) is 0 Å². The van der Waals surface area contributed by atoms with Gasteiger partial charge in [0, 0.05) is 23.8 Å². The highest BCUT2D eigenvalue weighted by atomic mass is 79.9. The van der Waals surface area contributed by atoms with Crippen molar-refractivity contribution in [2.24, 2.45) is 0 Å². The van der Waals surface area contributed by atoms with Crippen LogP contribution in [0.1, 0.15) is 5.56 Å². The molecule has 0 N–H and O–H groups in total. The van der Waals surface area contributed by atoms with Gasteiger partial charge in [0.25, 0.3) is 11.4 Å². The molecule has 2 aromatic carbocycles. The third-order valence-corrected chi connectivity index (χ3v) is 3.61. The molecule has 0 heterocycles. The van der Waals surface area contributed by atoms with Gasteiger partial charge in [-0.2, -0.15) is 0 Å². The zero-order valence-corrected chi connectivity index (χ0v) is 12.1. The smallest absolute Gasteiger partial charge is 0.283 e. The standard InChI is InChI=1S/C13H9BrN2O5/c14-13-9(2-1-3-12(13)16(19)20)8-21-11-6-4-10(5-7-11)15(17)18/h1-7H,8H2. The van der Waals surface area contributed by atoms with Gasteiger partial charge in [0.05, 0.1) is 9.85 Å². The van der Waals surface area contributed by atoms with E-state index < -0.39 is 9.85 Å². The number of nitrogens with zero attached hydrogens (tertiary/aromatic N) is 2. The molecule has 7 nitrogen and oxygen atoms in total. The predicted molar refractivity (Wildman–Crippen MR) is 78.2 cm³/mol. The summed E-state index contributed by atoms with van der Waals surface area (Å²) in [6.45, 7) is 0.111. The minimum atomic E-state index is -0.499. The molecule has 0 radical (unpaired) electrons. The van der Waals surface area contributed by atoms with Crippen molar-refractivity contribution < 1.29 is 14.6 Å². The van der Waals surface area contributed by atoms with E-state index >= 15 is 0 Å². The summed E-state index contributed by atoms with van der Waals surface area (Å²) in [5.41, 5.74) is 0.543. The number of non-ortho nitro benzene ring substituents is 1. The van der Waals surface area contributed by atoms with Crippen molar-refractivity contribution in [3.8, 4) is 5.75 Å². The van der Waals surface area contributed by atoms with Crippen LogP contribution in [0.4, 0.5) is 11.4 Å². The molecule has 0 spiro atoms. The average molecular weight is 353 g/mol. The second-order valence-corrected chi connectivity index (χ2v) is 4.84. The van der Waals surface area contributed by atoms with Crippen LogP contribution in [0.15, 0.2) is 46.9 Å². The van der Waals surface area contributed by atoms with Crippen molar-refractivity contribution in [2.75, 3.05) is 0 Å². The van der Waals surface area contributed by atoms with Crippen molar-refractivity contribution in [3.05, 3.63) is 72.7 Å². The number of benzene rings is 2. The Bertz CT molecular complexity index is 687. The van der Waals surface area contributed by atoms with E-state index in [-0.39, 0.29) is 18.0 Å². The lowest BCUT2D eigenvalue weighted by Gasteiger charge is -2.08. The van der Waals surface area contributed by atoms with E-state index in [1.54, 1.807) is 12.1 Å². The zero-order valence-electron chi connectivity index (χ0n) is 10.6. The van der Waals surface area contributed by atoms with Gasteiger partial charge in [0.1, 0.15) is 16.8 Å². The van der Waals surface area contributed by atoms with Crippen molar-refractivity contribution in [1.82, 2.24) is 0 Å². The van der Waals surface area contributed by atoms with Gasteiger partial charge in [-0.25, -0.2) is 0 Å². The minimum Gasteiger partial charge on any atom is -0.489 e. The molecule has 2 rings (SSSR count). The van der Waals surface area contributed by atoms with Crippen molar-refractivity contribution in [2.45, 2.75) is 6.61 Å². The summed E-state index contributed by atoms with van der Waals surface area (Å²) in [5.74, 6) is 0.444. The molecule has 0 aliphatic carbocycles. The Balaban J connectivity index is 2.11. The van der Waals surface area contributed by atoms with Crippen LogP contribution in [-0.2, 0) is 6.61 Å². The van der Waals surface area contributed by atoms with Crippen LogP contribution in [0.5, 0.6) is 5.75 Å². The molecular formula is C13H9BrN2O5. The molecule has 0 aromatic heterocycles. The largest absolute Gasteiger partial charge is 0.489 e. The Morgan fingerprint density at radius 1 is 1.00 bits per heavy atom. The van der Waals surface area contributed by atoms with E-state index in [2.05, 4.69) is 15.9 Å². The summed E-state index contributed by atoms with van der Waals surface area (Å²) >= 11 is 3.18. The van der Waals surface area contributed by atoms with Gasteiger partial charge in [-0.15, -0.1) is 0 Å². The van der Waals surface area contributed by atoms with E-state index in [1.807, 2.05) is 0 Å². The third kappa shape index (κ3) is 3.54. The zero-order chi connectivity index (χ0) is 15.4. The molecular weight excluding hydrogens is 344 g/mol.